The highest BCUT2D eigenvalue weighted by Gasteiger charge is 2.29. The molecule has 3 unspecified atom stereocenters. The summed E-state index contributed by atoms with van der Waals surface area (Å²) in [6.07, 6.45) is 2.11. The molecule has 0 aliphatic carbocycles. The van der Waals surface area contributed by atoms with E-state index >= 15 is 0 Å². The lowest BCUT2D eigenvalue weighted by molar-refractivity contribution is 0.103. The Morgan fingerprint density at radius 2 is 2.05 bits per heavy atom. The van der Waals surface area contributed by atoms with Crippen LogP contribution in [0.5, 0.6) is 11.5 Å². The number of piperidine rings is 1. The van der Waals surface area contributed by atoms with Gasteiger partial charge in [-0.2, -0.15) is 0 Å². The van der Waals surface area contributed by atoms with Gasteiger partial charge in [-0.25, -0.2) is 0 Å². The molecule has 1 fully saturated rings. The molecule has 0 spiro atoms. The molecule has 20 heavy (non-hydrogen) atoms. The van der Waals surface area contributed by atoms with Crippen LogP contribution in [-0.4, -0.2) is 37.7 Å². The second-order valence-corrected chi connectivity index (χ2v) is 5.66. The van der Waals surface area contributed by atoms with E-state index in [4.69, 9.17) is 15.2 Å². The average Bonchev–Trinajstić information content (AvgIpc) is 2.46. The first kappa shape index (κ1) is 15.1. The lowest BCUT2D eigenvalue weighted by Gasteiger charge is -2.40. The standard InChI is InChI=1S/C16H26N2O2/c1-11-9-13(17)7-8-18(11)12(2)15-10-14(19-3)5-6-16(15)20-4/h5-6,10-13H,7-9,17H2,1-4H3. The van der Waals surface area contributed by atoms with E-state index in [0.717, 1.165) is 30.9 Å². The van der Waals surface area contributed by atoms with E-state index in [1.165, 1.54) is 5.56 Å². The summed E-state index contributed by atoms with van der Waals surface area (Å²) < 4.78 is 10.8. The second kappa shape index (κ2) is 6.46. The Balaban J connectivity index is 2.25. The van der Waals surface area contributed by atoms with Gasteiger partial charge in [0.15, 0.2) is 0 Å². The summed E-state index contributed by atoms with van der Waals surface area (Å²) >= 11 is 0. The Hall–Kier alpha value is -1.26. The SMILES string of the molecule is COc1ccc(OC)c(C(C)N2CCC(N)CC2C)c1. The van der Waals surface area contributed by atoms with Gasteiger partial charge in [-0.3, -0.25) is 4.90 Å². The fraction of sp³-hybridized carbons (Fsp3) is 0.625. The molecule has 0 radical (unpaired) electrons. The molecule has 112 valence electrons. The van der Waals surface area contributed by atoms with Crippen LogP contribution in [0.1, 0.15) is 38.3 Å². The zero-order chi connectivity index (χ0) is 14.7. The number of rotatable bonds is 4. The third kappa shape index (κ3) is 3.07. The van der Waals surface area contributed by atoms with E-state index in [-0.39, 0.29) is 0 Å². The van der Waals surface area contributed by atoms with Gasteiger partial charge in [-0.1, -0.05) is 0 Å². The Labute approximate surface area is 121 Å². The second-order valence-electron chi connectivity index (χ2n) is 5.66. The van der Waals surface area contributed by atoms with Crippen LogP contribution in [-0.2, 0) is 0 Å². The number of benzene rings is 1. The highest BCUT2D eigenvalue weighted by molar-refractivity contribution is 5.42. The van der Waals surface area contributed by atoms with Gasteiger partial charge in [-0.15, -0.1) is 0 Å². The lowest BCUT2D eigenvalue weighted by atomic mass is 9.95. The molecule has 1 saturated heterocycles. The predicted octanol–water partition coefficient (Wildman–Crippen LogP) is 2.58. The first-order valence-electron chi connectivity index (χ1n) is 7.30. The molecule has 2 N–H and O–H groups in total. The van der Waals surface area contributed by atoms with Crippen LogP contribution in [0.15, 0.2) is 18.2 Å². The minimum Gasteiger partial charge on any atom is -0.497 e. The Morgan fingerprint density at radius 1 is 1.30 bits per heavy atom. The van der Waals surface area contributed by atoms with Gasteiger partial charge in [0.1, 0.15) is 11.5 Å². The summed E-state index contributed by atoms with van der Waals surface area (Å²) in [4.78, 5) is 2.50. The maximum atomic E-state index is 6.06. The summed E-state index contributed by atoms with van der Waals surface area (Å²) in [7, 11) is 3.41. The normalized spacial score (nSPS) is 25.2. The molecule has 4 nitrogen and oxygen atoms in total. The minimum atomic E-state index is 0.294. The zero-order valence-corrected chi connectivity index (χ0v) is 12.9. The van der Waals surface area contributed by atoms with E-state index < -0.39 is 0 Å². The van der Waals surface area contributed by atoms with Crippen molar-refractivity contribution in [1.82, 2.24) is 4.90 Å². The van der Waals surface area contributed by atoms with E-state index in [0.29, 0.717) is 18.1 Å². The minimum absolute atomic E-state index is 0.294. The summed E-state index contributed by atoms with van der Waals surface area (Å²) in [6.45, 7) is 5.51. The molecule has 1 aliphatic rings. The van der Waals surface area contributed by atoms with Crippen LogP contribution >= 0.6 is 0 Å². The van der Waals surface area contributed by atoms with Crippen molar-refractivity contribution >= 4 is 0 Å². The van der Waals surface area contributed by atoms with Gasteiger partial charge in [0.25, 0.3) is 0 Å². The quantitative estimate of drug-likeness (QED) is 0.919. The Kier molecular flexibility index (Phi) is 4.89. The predicted molar refractivity (Wildman–Crippen MR) is 81.3 cm³/mol. The molecule has 0 saturated carbocycles. The molecule has 1 aromatic carbocycles. The van der Waals surface area contributed by atoms with Gasteiger partial charge in [0.2, 0.25) is 0 Å². The van der Waals surface area contributed by atoms with Crippen LogP contribution in [0.4, 0.5) is 0 Å². The highest BCUT2D eigenvalue weighted by atomic mass is 16.5. The average molecular weight is 278 g/mol. The number of ether oxygens (including phenoxy) is 2. The van der Waals surface area contributed by atoms with E-state index in [9.17, 15) is 0 Å². The van der Waals surface area contributed by atoms with E-state index in [2.05, 4.69) is 24.8 Å². The molecule has 1 aromatic rings. The summed E-state index contributed by atoms with van der Waals surface area (Å²) in [5.74, 6) is 1.79. The van der Waals surface area contributed by atoms with Crippen molar-refractivity contribution in [3.05, 3.63) is 23.8 Å². The summed E-state index contributed by atoms with van der Waals surface area (Å²) in [5.41, 5.74) is 7.23. The van der Waals surface area contributed by atoms with E-state index in [1.807, 2.05) is 12.1 Å². The number of nitrogens with zero attached hydrogens (tertiary/aromatic N) is 1. The monoisotopic (exact) mass is 278 g/mol. The first-order valence-corrected chi connectivity index (χ1v) is 7.30. The smallest absolute Gasteiger partial charge is 0.123 e. The van der Waals surface area contributed by atoms with Crippen molar-refractivity contribution in [1.29, 1.82) is 0 Å². The first-order chi connectivity index (χ1) is 9.56. The van der Waals surface area contributed by atoms with Gasteiger partial charge < -0.3 is 15.2 Å². The number of likely N-dealkylation sites (tertiary alicyclic amines) is 1. The molecular weight excluding hydrogens is 252 g/mol. The zero-order valence-electron chi connectivity index (χ0n) is 12.9. The van der Waals surface area contributed by atoms with Crippen molar-refractivity contribution in [2.24, 2.45) is 5.73 Å². The van der Waals surface area contributed by atoms with Crippen molar-refractivity contribution in [3.8, 4) is 11.5 Å². The number of hydrogen-bond acceptors (Lipinski definition) is 4. The molecule has 2 rings (SSSR count). The van der Waals surface area contributed by atoms with Gasteiger partial charge in [0, 0.05) is 30.2 Å². The maximum absolute atomic E-state index is 6.06. The third-order valence-corrected chi connectivity index (χ3v) is 4.35. The topological polar surface area (TPSA) is 47.7 Å². The molecule has 0 bridgehead atoms. The molecule has 0 aromatic heterocycles. The van der Waals surface area contributed by atoms with Gasteiger partial charge in [0.05, 0.1) is 14.2 Å². The molecule has 0 amide bonds. The van der Waals surface area contributed by atoms with Crippen LogP contribution in [0, 0.1) is 0 Å². The third-order valence-electron chi connectivity index (χ3n) is 4.35. The number of nitrogens with two attached hydrogens (primary N) is 1. The molecule has 4 heteroatoms. The molecular formula is C16H26N2O2. The molecule has 1 aliphatic heterocycles. The Bertz CT molecular complexity index is 450. The molecule has 3 atom stereocenters. The summed E-state index contributed by atoms with van der Waals surface area (Å²) in [5, 5.41) is 0. The number of methoxy groups -OCH3 is 2. The lowest BCUT2D eigenvalue weighted by Crippen LogP contribution is -2.46. The summed E-state index contributed by atoms with van der Waals surface area (Å²) in [6, 6.07) is 7.10. The van der Waals surface area contributed by atoms with Crippen LogP contribution in [0.3, 0.4) is 0 Å². The highest BCUT2D eigenvalue weighted by Crippen LogP contribution is 2.35. The van der Waals surface area contributed by atoms with Crippen molar-refractivity contribution in [2.75, 3.05) is 20.8 Å². The number of hydrogen-bond donors (Lipinski definition) is 1. The van der Waals surface area contributed by atoms with Crippen molar-refractivity contribution < 1.29 is 9.47 Å². The fourth-order valence-electron chi connectivity index (χ4n) is 3.15. The maximum Gasteiger partial charge on any atom is 0.123 e. The fourth-order valence-corrected chi connectivity index (χ4v) is 3.15. The van der Waals surface area contributed by atoms with Gasteiger partial charge >= 0.3 is 0 Å². The molecule has 1 heterocycles. The van der Waals surface area contributed by atoms with Crippen LogP contribution in [0.25, 0.3) is 0 Å². The van der Waals surface area contributed by atoms with E-state index in [1.54, 1.807) is 14.2 Å². The van der Waals surface area contributed by atoms with Crippen molar-refractivity contribution in [2.45, 2.75) is 44.8 Å². The van der Waals surface area contributed by atoms with Crippen molar-refractivity contribution in [3.63, 3.8) is 0 Å². The van der Waals surface area contributed by atoms with Gasteiger partial charge in [-0.05, 0) is 44.9 Å². The van der Waals surface area contributed by atoms with Crippen LogP contribution in [0.2, 0.25) is 0 Å². The largest absolute Gasteiger partial charge is 0.497 e. The Morgan fingerprint density at radius 3 is 2.65 bits per heavy atom. The van der Waals surface area contributed by atoms with Crippen LogP contribution < -0.4 is 15.2 Å².